The second kappa shape index (κ2) is 1.35. The van der Waals surface area contributed by atoms with Gasteiger partial charge in [0.05, 0.1) is 0 Å². The average molecular weight is 132 g/mol. The van der Waals surface area contributed by atoms with Crippen molar-refractivity contribution in [2.45, 2.75) is 6.92 Å². The van der Waals surface area contributed by atoms with Gasteiger partial charge < -0.3 is 0 Å². The Morgan fingerprint density at radius 2 is 1.43 bits per heavy atom. The molecular weight excluding hydrogens is 124 g/mol. The van der Waals surface area contributed by atoms with Crippen LogP contribution in [0.25, 0.3) is 0 Å². The summed E-state index contributed by atoms with van der Waals surface area (Å²) in [6.07, 6.45) is -0.633. The van der Waals surface area contributed by atoms with Crippen molar-refractivity contribution in [3.8, 4) is 0 Å². The molecule has 0 amide bonds. The van der Waals surface area contributed by atoms with Crippen molar-refractivity contribution in [3.05, 3.63) is 0 Å². The minimum absolute atomic E-state index is 0.394. The molecule has 4 heteroatoms. The van der Waals surface area contributed by atoms with Crippen molar-refractivity contribution in [2.24, 2.45) is 0 Å². The number of rotatable bonds is 1. The first-order valence-electron chi connectivity index (χ1n) is 1.98. The van der Waals surface area contributed by atoms with Gasteiger partial charge in [-0.05, 0) is 0 Å². The van der Waals surface area contributed by atoms with Gasteiger partial charge in [0.25, 0.3) is 0 Å². The first kappa shape index (κ1) is 7.22. The van der Waals surface area contributed by atoms with E-state index < -0.39 is 13.7 Å². The molecule has 0 atom stereocenters. The fourth-order valence-corrected chi connectivity index (χ4v) is 0. The molecule has 7 heavy (non-hydrogen) atoms. The molecular formula is C3H8F3P. The van der Waals surface area contributed by atoms with Crippen LogP contribution >= 0.6 is 7.54 Å². The molecule has 0 N–H and O–H groups in total. The van der Waals surface area contributed by atoms with Gasteiger partial charge in [0.2, 0.25) is 0 Å². The van der Waals surface area contributed by atoms with Gasteiger partial charge in [-0.3, -0.25) is 0 Å². The van der Waals surface area contributed by atoms with E-state index in [0.717, 1.165) is 6.92 Å². The van der Waals surface area contributed by atoms with Crippen molar-refractivity contribution in [3.63, 3.8) is 0 Å². The Balaban J connectivity index is 3.83. The molecule has 0 aliphatic rings. The molecule has 0 unspecified atom stereocenters. The standard InChI is InChI=1S/C3H8F3P/c1-3-7(2,4,5)6/h3H2,1-2H3. The van der Waals surface area contributed by atoms with E-state index in [1.807, 2.05) is 0 Å². The third-order valence-corrected chi connectivity index (χ3v) is 2.02. The second-order valence-corrected chi connectivity index (χ2v) is 5.07. The predicted octanol–water partition coefficient (Wildman–Crippen LogP) is 2.84. The molecule has 0 saturated heterocycles. The van der Waals surface area contributed by atoms with Crippen LogP contribution < -0.4 is 0 Å². The fourth-order valence-electron chi connectivity index (χ4n) is 0. The van der Waals surface area contributed by atoms with E-state index in [9.17, 15) is 12.6 Å². The molecule has 0 aromatic heterocycles. The maximum absolute atomic E-state index is 11.6. The van der Waals surface area contributed by atoms with Gasteiger partial charge in [-0.1, -0.05) is 0 Å². The van der Waals surface area contributed by atoms with Gasteiger partial charge in [0, 0.05) is 0 Å². The normalized spacial score (nSPS) is 18.1. The summed E-state index contributed by atoms with van der Waals surface area (Å²) in [5.41, 5.74) is 0. The second-order valence-electron chi connectivity index (χ2n) is 1.69. The van der Waals surface area contributed by atoms with Crippen LogP contribution in [0, 0.1) is 0 Å². The fraction of sp³-hybridized carbons (Fsp3) is 1.00. The Labute approximate surface area is 41.0 Å². The Morgan fingerprint density at radius 3 is 1.43 bits per heavy atom. The molecule has 0 saturated carbocycles. The van der Waals surface area contributed by atoms with Gasteiger partial charge in [0.1, 0.15) is 0 Å². The molecule has 0 nitrogen and oxygen atoms in total. The summed E-state index contributed by atoms with van der Waals surface area (Å²) in [4.78, 5) is 0. The molecule has 0 aromatic rings. The van der Waals surface area contributed by atoms with E-state index >= 15 is 0 Å². The molecule has 0 bridgehead atoms. The summed E-state index contributed by atoms with van der Waals surface area (Å²) in [6, 6.07) is 0. The summed E-state index contributed by atoms with van der Waals surface area (Å²) < 4.78 is 34.8. The average Bonchev–Trinajstić information content (AvgIpc) is 1.32. The molecule has 0 aliphatic heterocycles. The van der Waals surface area contributed by atoms with Crippen LogP contribution in [0.5, 0.6) is 0 Å². The van der Waals surface area contributed by atoms with Crippen LogP contribution in [-0.2, 0) is 0 Å². The van der Waals surface area contributed by atoms with E-state index in [4.69, 9.17) is 0 Å². The van der Waals surface area contributed by atoms with E-state index in [2.05, 4.69) is 0 Å². The maximum atomic E-state index is 11.6. The monoisotopic (exact) mass is 132 g/mol. The van der Waals surface area contributed by atoms with E-state index in [-0.39, 0.29) is 0 Å². The van der Waals surface area contributed by atoms with Crippen LogP contribution in [0.2, 0.25) is 0 Å². The number of hydrogen-bond acceptors (Lipinski definition) is 0. The minimum atomic E-state index is -5.58. The Hall–Kier alpha value is 0.220. The van der Waals surface area contributed by atoms with E-state index in [1.54, 1.807) is 0 Å². The van der Waals surface area contributed by atoms with Crippen LogP contribution in [0.4, 0.5) is 12.6 Å². The summed E-state index contributed by atoms with van der Waals surface area (Å²) in [7, 11) is -5.58. The van der Waals surface area contributed by atoms with Crippen molar-refractivity contribution < 1.29 is 12.6 Å². The van der Waals surface area contributed by atoms with Crippen molar-refractivity contribution in [1.82, 2.24) is 0 Å². The predicted molar refractivity (Wildman–Crippen MR) is 26.7 cm³/mol. The Morgan fingerprint density at radius 1 is 1.29 bits per heavy atom. The summed E-state index contributed by atoms with van der Waals surface area (Å²) in [5.74, 6) is 0. The SMILES string of the molecule is CCP(C)(F)(F)F. The van der Waals surface area contributed by atoms with Gasteiger partial charge in [-0.2, -0.15) is 0 Å². The molecule has 46 valence electrons. The van der Waals surface area contributed by atoms with E-state index in [1.165, 1.54) is 0 Å². The Bertz CT molecular complexity index is 62.7. The first-order chi connectivity index (χ1) is 2.81. The molecule has 0 radical (unpaired) electrons. The van der Waals surface area contributed by atoms with Gasteiger partial charge >= 0.3 is 39.9 Å². The van der Waals surface area contributed by atoms with Crippen LogP contribution in [-0.4, -0.2) is 12.8 Å². The van der Waals surface area contributed by atoms with E-state index in [0.29, 0.717) is 6.66 Å². The number of halogens is 3. The number of hydrogen-bond donors (Lipinski definition) is 0. The van der Waals surface area contributed by atoms with Crippen molar-refractivity contribution in [2.75, 3.05) is 12.8 Å². The quantitative estimate of drug-likeness (QED) is 0.481. The topological polar surface area (TPSA) is 0 Å². The third kappa shape index (κ3) is 6.22. The van der Waals surface area contributed by atoms with Gasteiger partial charge in [-0.25, -0.2) is 0 Å². The third-order valence-electron chi connectivity index (χ3n) is 0.675. The summed E-state index contributed by atoms with van der Waals surface area (Å²) in [6.45, 7) is 1.55. The zero-order valence-corrected chi connectivity index (χ0v) is 5.18. The summed E-state index contributed by atoms with van der Waals surface area (Å²) >= 11 is 0. The van der Waals surface area contributed by atoms with Gasteiger partial charge in [-0.15, -0.1) is 0 Å². The van der Waals surface area contributed by atoms with Gasteiger partial charge in [0.15, 0.2) is 0 Å². The zero-order chi connectivity index (χ0) is 6.15. The molecule has 0 fully saturated rings. The van der Waals surface area contributed by atoms with Crippen molar-refractivity contribution >= 4 is 7.54 Å². The van der Waals surface area contributed by atoms with Crippen molar-refractivity contribution in [1.29, 1.82) is 0 Å². The summed E-state index contributed by atoms with van der Waals surface area (Å²) in [5, 5.41) is 0. The van der Waals surface area contributed by atoms with Crippen LogP contribution in [0.15, 0.2) is 0 Å². The molecule has 0 spiro atoms. The van der Waals surface area contributed by atoms with Crippen LogP contribution in [0.3, 0.4) is 0 Å². The first-order valence-corrected chi connectivity index (χ1v) is 4.52. The molecule has 0 heterocycles. The van der Waals surface area contributed by atoms with Crippen LogP contribution in [0.1, 0.15) is 6.92 Å². The molecule has 0 rings (SSSR count). The zero-order valence-electron chi connectivity index (χ0n) is 4.29. The molecule has 0 aromatic carbocycles. The molecule has 0 aliphatic carbocycles. The Kier molecular flexibility index (Phi) is 1.39.